The first-order valence-corrected chi connectivity index (χ1v) is 6.50. The van der Waals surface area contributed by atoms with Gasteiger partial charge in [0, 0.05) is 6.04 Å². The molecule has 0 aromatic heterocycles. The second-order valence-electron chi connectivity index (χ2n) is 5.44. The number of nitrogens with one attached hydrogen (secondary N) is 2. The van der Waals surface area contributed by atoms with Crippen molar-refractivity contribution in [2.24, 2.45) is 5.73 Å². The average Bonchev–Trinajstić information content (AvgIpc) is 2.28. The standard InChI is InChI=1S/C12H23N3O4/c1-11(18,9(13)16)15-12(2,19)10(17)14-8-6-4-3-5-7-8/h8,15,18-19H,3-7H2,1-2H3,(H2,13,16)(H,14,17). The number of aliphatic hydroxyl groups is 2. The lowest BCUT2D eigenvalue weighted by molar-refractivity contribution is -0.160. The van der Waals surface area contributed by atoms with E-state index in [4.69, 9.17) is 5.73 Å². The molecule has 1 rings (SSSR count). The summed E-state index contributed by atoms with van der Waals surface area (Å²) in [6, 6.07) is 0.0213. The number of amides is 2. The van der Waals surface area contributed by atoms with E-state index in [-0.39, 0.29) is 6.04 Å². The van der Waals surface area contributed by atoms with E-state index in [0.717, 1.165) is 39.0 Å². The molecule has 7 heteroatoms. The Morgan fingerprint density at radius 1 is 1.11 bits per heavy atom. The topological polar surface area (TPSA) is 125 Å². The van der Waals surface area contributed by atoms with Gasteiger partial charge in [-0.15, -0.1) is 0 Å². The zero-order valence-electron chi connectivity index (χ0n) is 11.4. The molecule has 0 spiro atoms. The zero-order chi connectivity index (χ0) is 14.7. The van der Waals surface area contributed by atoms with Crippen LogP contribution in [0.5, 0.6) is 0 Å². The van der Waals surface area contributed by atoms with Gasteiger partial charge in [-0.1, -0.05) is 19.3 Å². The van der Waals surface area contributed by atoms with Crippen LogP contribution < -0.4 is 16.4 Å². The van der Waals surface area contributed by atoms with Crippen molar-refractivity contribution in [3.05, 3.63) is 0 Å². The maximum Gasteiger partial charge on any atom is 0.267 e. The molecule has 1 aliphatic carbocycles. The molecule has 0 radical (unpaired) electrons. The summed E-state index contributed by atoms with van der Waals surface area (Å²) in [6.45, 7) is 2.25. The Kier molecular flexibility index (Phi) is 4.89. The number of hydrogen-bond donors (Lipinski definition) is 5. The van der Waals surface area contributed by atoms with Crippen molar-refractivity contribution in [2.45, 2.75) is 63.4 Å². The number of rotatable bonds is 5. The predicted octanol–water partition coefficient (Wildman–Crippen LogP) is -1.07. The van der Waals surface area contributed by atoms with Crippen LogP contribution in [0.1, 0.15) is 46.0 Å². The SMILES string of the molecule is CC(O)(NC(C)(O)C(=O)NC1CCCCC1)C(N)=O. The Morgan fingerprint density at radius 3 is 2.11 bits per heavy atom. The number of carbonyl (C=O) groups is 2. The van der Waals surface area contributed by atoms with E-state index in [0.29, 0.717) is 0 Å². The monoisotopic (exact) mass is 273 g/mol. The first-order chi connectivity index (χ1) is 8.65. The van der Waals surface area contributed by atoms with Gasteiger partial charge in [0.1, 0.15) is 0 Å². The molecule has 1 saturated carbocycles. The fourth-order valence-corrected chi connectivity index (χ4v) is 2.17. The molecule has 19 heavy (non-hydrogen) atoms. The molecule has 0 bridgehead atoms. The third-order valence-electron chi connectivity index (χ3n) is 3.35. The van der Waals surface area contributed by atoms with Gasteiger partial charge in [0.25, 0.3) is 11.8 Å². The van der Waals surface area contributed by atoms with Crippen molar-refractivity contribution in [1.29, 1.82) is 0 Å². The molecule has 0 heterocycles. The normalized spacial score (nSPS) is 23.2. The number of nitrogens with two attached hydrogens (primary N) is 1. The van der Waals surface area contributed by atoms with Crippen LogP contribution in [-0.2, 0) is 9.59 Å². The van der Waals surface area contributed by atoms with Gasteiger partial charge in [-0.3, -0.25) is 9.59 Å². The summed E-state index contributed by atoms with van der Waals surface area (Å²) in [5.74, 6) is -1.75. The van der Waals surface area contributed by atoms with Crippen molar-refractivity contribution < 1.29 is 19.8 Å². The first-order valence-electron chi connectivity index (χ1n) is 6.50. The minimum atomic E-state index is -2.16. The smallest absolute Gasteiger partial charge is 0.267 e. The molecule has 0 aliphatic heterocycles. The summed E-state index contributed by atoms with van der Waals surface area (Å²) in [4.78, 5) is 22.9. The van der Waals surface area contributed by atoms with Gasteiger partial charge in [-0.25, -0.2) is 5.32 Å². The van der Waals surface area contributed by atoms with E-state index in [9.17, 15) is 19.8 Å². The van der Waals surface area contributed by atoms with Gasteiger partial charge in [-0.2, -0.15) is 0 Å². The molecule has 2 unspecified atom stereocenters. The summed E-state index contributed by atoms with van der Waals surface area (Å²) in [6.07, 6.45) is 4.97. The summed E-state index contributed by atoms with van der Waals surface area (Å²) >= 11 is 0. The fourth-order valence-electron chi connectivity index (χ4n) is 2.17. The lowest BCUT2D eigenvalue weighted by Gasteiger charge is -2.33. The quantitative estimate of drug-likeness (QED) is 0.408. The van der Waals surface area contributed by atoms with E-state index >= 15 is 0 Å². The predicted molar refractivity (Wildman–Crippen MR) is 68.6 cm³/mol. The lowest BCUT2D eigenvalue weighted by atomic mass is 9.95. The van der Waals surface area contributed by atoms with Crippen molar-refractivity contribution in [3.63, 3.8) is 0 Å². The maximum atomic E-state index is 11.9. The Morgan fingerprint density at radius 2 is 1.63 bits per heavy atom. The Labute approximate surface area is 112 Å². The van der Waals surface area contributed by atoms with Crippen LogP contribution in [0.4, 0.5) is 0 Å². The van der Waals surface area contributed by atoms with Crippen molar-refractivity contribution >= 4 is 11.8 Å². The van der Waals surface area contributed by atoms with Crippen LogP contribution in [0.25, 0.3) is 0 Å². The van der Waals surface area contributed by atoms with Gasteiger partial charge in [0.15, 0.2) is 11.4 Å². The highest BCUT2D eigenvalue weighted by atomic mass is 16.4. The van der Waals surface area contributed by atoms with Gasteiger partial charge in [0.05, 0.1) is 0 Å². The van der Waals surface area contributed by atoms with E-state index in [1.165, 1.54) is 6.92 Å². The Balaban J connectivity index is 2.60. The van der Waals surface area contributed by atoms with Crippen LogP contribution in [0.15, 0.2) is 0 Å². The molecule has 1 aliphatic rings. The van der Waals surface area contributed by atoms with E-state index < -0.39 is 23.3 Å². The molecule has 2 atom stereocenters. The van der Waals surface area contributed by atoms with Crippen molar-refractivity contribution in [2.75, 3.05) is 0 Å². The van der Waals surface area contributed by atoms with Crippen LogP contribution >= 0.6 is 0 Å². The minimum absolute atomic E-state index is 0.0213. The van der Waals surface area contributed by atoms with E-state index in [1.807, 2.05) is 0 Å². The lowest BCUT2D eigenvalue weighted by Crippen LogP contribution is -2.67. The van der Waals surface area contributed by atoms with Gasteiger partial charge < -0.3 is 21.3 Å². The number of hydrogen-bond acceptors (Lipinski definition) is 5. The molecule has 7 nitrogen and oxygen atoms in total. The Bertz CT molecular complexity index is 349. The molecule has 0 aromatic carbocycles. The molecule has 6 N–H and O–H groups in total. The fraction of sp³-hybridized carbons (Fsp3) is 0.833. The molecule has 0 aromatic rings. The highest BCUT2D eigenvalue weighted by molar-refractivity contribution is 5.87. The second kappa shape index (κ2) is 5.85. The summed E-state index contributed by atoms with van der Waals surface area (Å²) < 4.78 is 0. The molecule has 0 saturated heterocycles. The third-order valence-corrected chi connectivity index (χ3v) is 3.35. The minimum Gasteiger partial charge on any atom is -0.368 e. The summed E-state index contributed by atoms with van der Waals surface area (Å²) in [7, 11) is 0. The van der Waals surface area contributed by atoms with Crippen LogP contribution in [0.2, 0.25) is 0 Å². The van der Waals surface area contributed by atoms with Crippen LogP contribution in [-0.4, -0.2) is 39.5 Å². The number of primary amides is 1. The number of carbonyl (C=O) groups excluding carboxylic acids is 2. The van der Waals surface area contributed by atoms with Gasteiger partial charge in [0.2, 0.25) is 0 Å². The highest BCUT2D eigenvalue weighted by Crippen LogP contribution is 2.18. The average molecular weight is 273 g/mol. The molecular weight excluding hydrogens is 250 g/mol. The zero-order valence-corrected chi connectivity index (χ0v) is 11.4. The summed E-state index contributed by atoms with van der Waals surface area (Å²) in [5, 5.41) is 24.5. The molecule has 110 valence electrons. The summed E-state index contributed by atoms with van der Waals surface area (Å²) in [5.41, 5.74) is 0.735. The highest BCUT2D eigenvalue weighted by Gasteiger charge is 2.41. The molecule has 2 amide bonds. The van der Waals surface area contributed by atoms with Gasteiger partial charge in [-0.05, 0) is 26.7 Å². The second-order valence-corrected chi connectivity index (χ2v) is 5.44. The van der Waals surface area contributed by atoms with E-state index in [1.54, 1.807) is 0 Å². The third kappa shape index (κ3) is 4.45. The maximum absolute atomic E-state index is 11.9. The van der Waals surface area contributed by atoms with E-state index in [2.05, 4.69) is 10.6 Å². The van der Waals surface area contributed by atoms with Crippen molar-refractivity contribution in [3.8, 4) is 0 Å². The largest absolute Gasteiger partial charge is 0.368 e. The first kappa shape index (κ1) is 15.9. The van der Waals surface area contributed by atoms with Crippen LogP contribution in [0, 0.1) is 0 Å². The van der Waals surface area contributed by atoms with Gasteiger partial charge >= 0.3 is 0 Å². The van der Waals surface area contributed by atoms with Crippen LogP contribution in [0.3, 0.4) is 0 Å². The molecule has 1 fully saturated rings. The van der Waals surface area contributed by atoms with Crippen molar-refractivity contribution in [1.82, 2.24) is 10.6 Å². The Hall–Kier alpha value is -1.18. The molecular formula is C12H23N3O4.